The molecule has 3 nitrogen and oxygen atoms in total. The largest absolute Gasteiger partial charge is 0.508 e. The van der Waals surface area contributed by atoms with Crippen molar-refractivity contribution in [1.29, 1.82) is 0 Å². The summed E-state index contributed by atoms with van der Waals surface area (Å²) in [4.78, 5) is 10.4. The van der Waals surface area contributed by atoms with Gasteiger partial charge < -0.3 is 9.47 Å². The van der Waals surface area contributed by atoms with E-state index in [1.807, 2.05) is 6.92 Å². The summed E-state index contributed by atoms with van der Waals surface area (Å²) in [7, 11) is 0. The fraction of sp³-hybridized carbons (Fsp3) is 0.833. The van der Waals surface area contributed by atoms with Crippen LogP contribution in [0.1, 0.15) is 6.92 Å². The lowest BCUT2D eigenvalue weighted by atomic mass is 9.96. The Balaban J connectivity index is 2.46. The number of alkyl halides is 1. The van der Waals surface area contributed by atoms with Crippen molar-refractivity contribution in [1.82, 2.24) is 0 Å². The van der Waals surface area contributed by atoms with Crippen LogP contribution in [0.2, 0.25) is 0 Å². The Labute approximate surface area is 67.8 Å². The second kappa shape index (κ2) is 2.78. The van der Waals surface area contributed by atoms with Crippen LogP contribution in [0.4, 0.5) is 4.79 Å². The number of halogens is 1. The van der Waals surface area contributed by atoms with E-state index >= 15 is 0 Å². The molecule has 1 saturated heterocycles. The fourth-order valence-corrected chi connectivity index (χ4v) is 0.951. The molecule has 0 aliphatic carbocycles. The van der Waals surface area contributed by atoms with E-state index in [1.54, 1.807) is 0 Å². The van der Waals surface area contributed by atoms with Gasteiger partial charge in [-0.15, -0.1) is 0 Å². The third kappa shape index (κ3) is 1.62. The van der Waals surface area contributed by atoms with Crippen LogP contribution in [0, 0.1) is 5.41 Å². The molecule has 1 fully saturated rings. The van der Waals surface area contributed by atoms with E-state index in [9.17, 15) is 4.79 Å². The standard InChI is InChI=1S/C6H9BrO3/c1-6(2-7)3-9-5(8)10-4-6/h2-4H2,1H3. The van der Waals surface area contributed by atoms with Gasteiger partial charge in [0.05, 0.1) is 0 Å². The van der Waals surface area contributed by atoms with Crippen molar-refractivity contribution in [2.24, 2.45) is 5.41 Å². The number of hydrogen-bond donors (Lipinski definition) is 0. The quantitative estimate of drug-likeness (QED) is 0.485. The molecule has 0 N–H and O–H groups in total. The van der Waals surface area contributed by atoms with Crippen LogP contribution in [0.15, 0.2) is 0 Å². The highest BCUT2D eigenvalue weighted by Gasteiger charge is 2.31. The van der Waals surface area contributed by atoms with E-state index in [-0.39, 0.29) is 5.41 Å². The maximum Gasteiger partial charge on any atom is 0.508 e. The molecular formula is C6H9BrO3. The first kappa shape index (κ1) is 7.85. The zero-order valence-electron chi connectivity index (χ0n) is 5.72. The molecule has 0 radical (unpaired) electrons. The van der Waals surface area contributed by atoms with Crippen LogP contribution in [-0.4, -0.2) is 24.7 Å². The summed E-state index contributed by atoms with van der Waals surface area (Å²) in [5.74, 6) is 0. The minimum absolute atomic E-state index is 0.0477. The van der Waals surface area contributed by atoms with Crippen molar-refractivity contribution < 1.29 is 14.3 Å². The molecule has 0 atom stereocenters. The van der Waals surface area contributed by atoms with Gasteiger partial charge in [-0.2, -0.15) is 0 Å². The van der Waals surface area contributed by atoms with Gasteiger partial charge in [-0.05, 0) is 0 Å². The summed E-state index contributed by atoms with van der Waals surface area (Å²) in [6.45, 7) is 2.88. The molecule has 0 saturated carbocycles. The lowest BCUT2D eigenvalue weighted by molar-refractivity contribution is -0.0420. The molecule has 0 bridgehead atoms. The SMILES string of the molecule is CC1(CBr)COC(=O)OC1. The summed E-state index contributed by atoms with van der Waals surface area (Å²) < 4.78 is 9.39. The van der Waals surface area contributed by atoms with Crippen molar-refractivity contribution >= 4 is 22.1 Å². The maximum absolute atomic E-state index is 10.4. The Kier molecular flexibility index (Phi) is 2.18. The van der Waals surface area contributed by atoms with Crippen molar-refractivity contribution in [3.05, 3.63) is 0 Å². The number of ether oxygens (including phenoxy) is 2. The first-order valence-electron chi connectivity index (χ1n) is 3.02. The molecule has 10 heavy (non-hydrogen) atoms. The lowest BCUT2D eigenvalue weighted by Crippen LogP contribution is -2.38. The van der Waals surface area contributed by atoms with Gasteiger partial charge >= 0.3 is 6.16 Å². The van der Waals surface area contributed by atoms with Crippen LogP contribution in [-0.2, 0) is 9.47 Å². The van der Waals surface area contributed by atoms with Gasteiger partial charge in [0.2, 0.25) is 0 Å². The molecular weight excluding hydrogens is 200 g/mol. The molecule has 0 aromatic rings. The molecule has 0 aromatic heterocycles. The van der Waals surface area contributed by atoms with Crippen LogP contribution in [0.5, 0.6) is 0 Å². The molecule has 4 heteroatoms. The average Bonchev–Trinajstić information content (AvgIpc) is 1.96. The molecule has 1 aliphatic rings. The van der Waals surface area contributed by atoms with Crippen molar-refractivity contribution in [2.45, 2.75) is 6.92 Å². The Morgan fingerprint density at radius 2 is 2.10 bits per heavy atom. The topological polar surface area (TPSA) is 35.5 Å². The monoisotopic (exact) mass is 208 g/mol. The summed E-state index contributed by atoms with van der Waals surface area (Å²) in [6.07, 6.45) is -0.557. The second-order valence-electron chi connectivity index (χ2n) is 2.77. The first-order valence-corrected chi connectivity index (χ1v) is 4.14. The molecule has 58 valence electrons. The highest BCUT2D eigenvalue weighted by atomic mass is 79.9. The summed E-state index contributed by atoms with van der Waals surface area (Å²) >= 11 is 3.32. The van der Waals surface area contributed by atoms with E-state index in [0.717, 1.165) is 5.33 Å². The Hall–Kier alpha value is -0.250. The molecule has 1 heterocycles. The van der Waals surface area contributed by atoms with E-state index in [1.165, 1.54) is 0 Å². The highest BCUT2D eigenvalue weighted by Crippen LogP contribution is 2.23. The van der Waals surface area contributed by atoms with Gasteiger partial charge in [-0.25, -0.2) is 4.79 Å². The minimum Gasteiger partial charge on any atom is -0.434 e. The lowest BCUT2D eigenvalue weighted by Gasteiger charge is -2.29. The predicted molar refractivity (Wildman–Crippen MR) is 39.2 cm³/mol. The van der Waals surface area contributed by atoms with Gasteiger partial charge in [-0.1, -0.05) is 22.9 Å². The second-order valence-corrected chi connectivity index (χ2v) is 3.33. The summed E-state index contributed by atoms with van der Waals surface area (Å²) in [5.41, 5.74) is -0.0477. The van der Waals surface area contributed by atoms with Gasteiger partial charge in [-0.3, -0.25) is 0 Å². The smallest absolute Gasteiger partial charge is 0.434 e. The fourth-order valence-electron chi connectivity index (χ4n) is 0.627. The van der Waals surface area contributed by atoms with Crippen molar-refractivity contribution in [3.8, 4) is 0 Å². The average molecular weight is 209 g/mol. The van der Waals surface area contributed by atoms with Crippen LogP contribution in [0.3, 0.4) is 0 Å². The zero-order chi connectivity index (χ0) is 7.61. The maximum atomic E-state index is 10.4. The van der Waals surface area contributed by atoms with Crippen molar-refractivity contribution in [3.63, 3.8) is 0 Å². The first-order chi connectivity index (χ1) is 4.66. The van der Waals surface area contributed by atoms with E-state index in [0.29, 0.717) is 13.2 Å². The highest BCUT2D eigenvalue weighted by molar-refractivity contribution is 9.09. The normalized spacial score (nSPS) is 23.2. The van der Waals surface area contributed by atoms with Gasteiger partial charge in [0.25, 0.3) is 0 Å². The van der Waals surface area contributed by atoms with E-state index in [2.05, 4.69) is 15.9 Å². The third-order valence-electron chi connectivity index (χ3n) is 1.40. The Morgan fingerprint density at radius 1 is 1.60 bits per heavy atom. The molecule has 0 amide bonds. The van der Waals surface area contributed by atoms with Crippen LogP contribution in [0.25, 0.3) is 0 Å². The zero-order valence-corrected chi connectivity index (χ0v) is 7.31. The number of rotatable bonds is 1. The molecule has 1 rings (SSSR count). The molecule has 0 spiro atoms. The van der Waals surface area contributed by atoms with E-state index in [4.69, 9.17) is 9.47 Å². The number of carbonyl (C=O) groups excluding carboxylic acids is 1. The van der Waals surface area contributed by atoms with Crippen LogP contribution < -0.4 is 0 Å². The van der Waals surface area contributed by atoms with Crippen LogP contribution >= 0.6 is 15.9 Å². The number of carbonyl (C=O) groups is 1. The summed E-state index contributed by atoms with van der Waals surface area (Å²) in [5, 5.41) is 0.785. The molecule has 0 aromatic carbocycles. The van der Waals surface area contributed by atoms with Gasteiger partial charge in [0.15, 0.2) is 0 Å². The Morgan fingerprint density at radius 3 is 2.50 bits per heavy atom. The summed E-state index contributed by atoms with van der Waals surface area (Å²) in [6, 6.07) is 0. The van der Waals surface area contributed by atoms with E-state index < -0.39 is 6.16 Å². The number of hydrogen-bond acceptors (Lipinski definition) is 3. The van der Waals surface area contributed by atoms with Crippen molar-refractivity contribution in [2.75, 3.05) is 18.5 Å². The minimum atomic E-state index is -0.557. The Bertz CT molecular complexity index is 136. The predicted octanol–water partition coefficient (Wildman–Crippen LogP) is 1.55. The molecule has 1 aliphatic heterocycles. The molecule has 0 unspecified atom stereocenters. The third-order valence-corrected chi connectivity index (χ3v) is 2.75. The number of cyclic esters (lactones) is 2. The van der Waals surface area contributed by atoms with Gasteiger partial charge in [0.1, 0.15) is 13.2 Å². The van der Waals surface area contributed by atoms with Gasteiger partial charge in [0, 0.05) is 10.7 Å².